The number of benzene rings is 1. The molecule has 2 aromatic heterocycles. The summed E-state index contributed by atoms with van der Waals surface area (Å²) in [7, 11) is 0. The Hall–Kier alpha value is -2.87. The van der Waals surface area contributed by atoms with Gasteiger partial charge in [0.1, 0.15) is 11.3 Å². The van der Waals surface area contributed by atoms with Crippen molar-refractivity contribution in [2.45, 2.75) is 27.7 Å². The molecule has 0 aliphatic rings. The van der Waals surface area contributed by atoms with E-state index in [-0.39, 0.29) is 6.03 Å². The SMILES string of the molecule is CCN(S)C(=O)Nc1ccc2ncc(Nc3c(C)cc(C)cc3C)nc2n1. The van der Waals surface area contributed by atoms with Crippen molar-refractivity contribution >= 4 is 47.3 Å². The zero-order valence-electron chi connectivity index (χ0n) is 15.7. The smallest absolute Gasteiger partial charge is 0.332 e. The summed E-state index contributed by atoms with van der Waals surface area (Å²) in [6, 6.07) is 7.35. The number of urea groups is 1. The number of hydrogen-bond donors (Lipinski definition) is 3. The first kappa shape index (κ1) is 18.9. The summed E-state index contributed by atoms with van der Waals surface area (Å²) < 4.78 is 1.26. The van der Waals surface area contributed by atoms with Crippen molar-refractivity contribution in [3.63, 3.8) is 0 Å². The molecule has 2 heterocycles. The van der Waals surface area contributed by atoms with Crippen LogP contribution in [-0.2, 0) is 0 Å². The minimum atomic E-state index is -0.346. The monoisotopic (exact) mass is 382 g/mol. The van der Waals surface area contributed by atoms with Gasteiger partial charge in [0.2, 0.25) is 0 Å². The van der Waals surface area contributed by atoms with Gasteiger partial charge < -0.3 is 5.32 Å². The summed E-state index contributed by atoms with van der Waals surface area (Å²) in [6.45, 7) is 8.49. The van der Waals surface area contributed by atoms with E-state index in [4.69, 9.17) is 0 Å². The number of rotatable bonds is 4. The second-order valence-corrected chi connectivity index (χ2v) is 6.82. The first-order valence-corrected chi connectivity index (χ1v) is 9.03. The van der Waals surface area contributed by atoms with E-state index < -0.39 is 0 Å². The summed E-state index contributed by atoms with van der Waals surface area (Å²) in [5.74, 6) is 0.993. The predicted molar refractivity (Wildman–Crippen MR) is 112 cm³/mol. The number of thiol groups is 1. The van der Waals surface area contributed by atoms with Crippen LogP contribution in [0.5, 0.6) is 0 Å². The fourth-order valence-corrected chi connectivity index (χ4v) is 2.90. The number of pyridine rings is 1. The molecule has 7 nitrogen and oxygen atoms in total. The van der Waals surface area contributed by atoms with E-state index >= 15 is 0 Å². The van der Waals surface area contributed by atoms with E-state index in [1.54, 1.807) is 18.3 Å². The van der Waals surface area contributed by atoms with Crippen molar-refractivity contribution in [2.75, 3.05) is 17.2 Å². The Morgan fingerprint density at radius 2 is 1.78 bits per heavy atom. The van der Waals surface area contributed by atoms with Gasteiger partial charge in [0.25, 0.3) is 0 Å². The largest absolute Gasteiger partial charge is 0.338 e. The average Bonchev–Trinajstić information content (AvgIpc) is 2.63. The van der Waals surface area contributed by atoms with Crippen molar-refractivity contribution in [1.82, 2.24) is 19.3 Å². The highest BCUT2D eigenvalue weighted by molar-refractivity contribution is 7.78. The molecular weight excluding hydrogens is 360 g/mol. The number of fused-ring (bicyclic) bond motifs is 1. The number of aromatic nitrogens is 3. The van der Waals surface area contributed by atoms with Crippen LogP contribution in [0.15, 0.2) is 30.5 Å². The first-order valence-electron chi connectivity index (χ1n) is 8.63. The lowest BCUT2D eigenvalue weighted by molar-refractivity contribution is 0.240. The highest BCUT2D eigenvalue weighted by Crippen LogP contribution is 2.25. The molecule has 140 valence electrons. The van der Waals surface area contributed by atoms with Crippen LogP contribution in [-0.4, -0.2) is 31.8 Å². The lowest BCUT2D eigenvalue weighted by atomic mass is 10.1. The minimum Gasteiger partial charge on any atom is -0.338 e. The van der Waals surface area contributed by atoms with Gasteiger partial charge in [-0.2, -0.15) is 0 Å². The van der Waals surface area contributed by atoms with Gasteiger partial charge in [0, 0.05) is 12.2 Å². The van der Waals surface area contributed by atoms with E-state index in [0.717, 1.165) is 16.8 Å². The van der Waals surface area contributed by atoms with Crippen molar-refractivity contribution in [1.29, 1.82) is 0 Å². The summed E-state index contributed by atoms with van der Waals surface area (Å²) >= 11 is 4.08. The molecule has 0 saturated carbocycles. The zero-order valence-corrected chi connectivity index (χ0v) is 16.6. The summed E-state index contributed by atoms with van der Waals surface area (Å²) in [6.07, 6.45) is 1.67. The van der Waals surface area contributed by atoms with E-state index in [0.29, 0.717) is 29.3 Å². The van der Waals surface area contributed by atoms with Gasteiger partial charge >= 0.3 is 6.03 Å². The molecule has 0 aliphatic heterocycles. The van der Waals surface area contributed by atoms with E-state index in [1.165, 1.54) is 9.87 Å². The maximum absolute atomic E-state index is 11.9. The molecule has 0 saturated heterocycles. The Morgan fingerprint density at radius 3 is 2.44 bits per heavy atom. The molecule has 8 heteroatoms. The molecule has 0 spiro atoms. The van der Waals surface area contributed by atoms with Crippen LogP contribution < -0.4 is 10.6 Å². The van der Waals surface area contributed by atoms with Crippen LogP contribution in [0.1, 0.15) is 23.6 Å². The molecule has 2 N–H and O–H groups in total. The normalized spacial score (nSPS) is 10.7. The highest BCUT2D eigenvalue weighted by Gasteiger charge is 2.11. The van der Waals surface area contributed by atoms with Crippen LogP contribution in [0, 0.1) is 20.8 Å². The van der Waals surface area contributed by atoms with Crippen molar-refractivity contribution in [3.05, 3.63) is 47.2 Å². The Balaban J connectivity index is 1.89. The molecular formula is C19H22N6OS. The fourth-order valence-electron chi connectivity index (χ4n) is 2.85. The second-order valence-electron chi connectivity index (χ2n) is 6.34. The van der Waals surface area contributed by atoms with Gasteiger partial charge in [-0.1, -0.05) is 30.5 Å². The molecule has 0 atom stereocenters. The van der Waals surface area contributed by atoms with Crippen LogP contribution >= 0.6 is 12.8 Å². The van der Waals surface area contributed by atoms with E-state index in [1.807, 2.05) is 6.92 Å². The number of nitrogens with zero attached hydrogens (tertiary/aromatic N) is 4. The van der Waals surface area contributed by atoms with Crippen LogP contribution in [0.2, 0.25) is 0 Å². The lowest BCUT2D eigenvalue weighted by Gasteiger charge is -2.14. The third-order valence-corrected chi connectivity index (χ3v) is 4.57. The van der Waals surface area contributed by atoms with Gasteiger partial charge in [-0.05, 0) is 51.0 Å². The average molecular weight is 382 g/mol. The fraction of sp³-hybridized carbons (Fsp3) is 0.263. The summed E-state index contributed by atoms with van der Waals surface area (Å²) in [5, 5.41) is 6.02. The van der Waals surface area contributed by atoms with Gasteiger partial charge in [-0.25, -0.2) is 19.7 Å². The zero-order chi connectivity index (χ0) is 19.6. The maximum atomic E-state index is 11.9. The maximum Gasteiger partial charge on any atom is 0.332 e. The third-order valence-electron chi connectivity index (χ3n) is 4.11. The molecule has 0 bridgehead atoms. The standard InChI is InChI=1S/C19H22N6OS/c1-5-25(27)19(26)24-15-7-6-14-18(22-15)23-16(10-20-14)21-17-12(3)8-11(2)9-13(17)4/h6-10,27H,5H2,1-4H3,(H2,21,22,23,24,26). The molecule has 1 aromatic carbocycles. The van der Waals surface area contributed by atoms with Crippen molar-refractivity contribution < 1.29 is 4.79 Å². The molecule has 0 fully saturated rings. The highest BCUT2D eigenvalue weighted by atomic mass is 32.1. The van der Waals surface area contributed by atoms with Crippen LogP contribution in [0.3, 0.4) is 0 Å². The Labute approximate surface area is 163 Å². The topological polar surface area (TPSA) is 83.0 Å². The molecule has 0 aliphatic carbocycles. The van der Waals surface area contributed by atoms with Crippen LogP contribution in [0.25, 0.3) is 11.2 Å². The summed E-state index contributed by atoms with van der Waals surface area (Å²) in [4.78, 5) is 25.3. The van der Waals surface area contributed by atoms with E-state index in [9.17, 15) is 4.79 Å². The van der Waals surface area contributed by atoms with Crippen molar-refractivity contribution in [2.24, 2.45) is 0 Å². The van der Waals surface area contributed by atoms with Gasteiger partial charge in [0.15, 0.2) is 11.5 Å². The lowest BCUT2D eigenvalue weighted by Crippen LogP contribution is -2.27. The number of carbonyl (C=O) groups is 1. The Kier molecular flexibility index (Phi) is 5.46. The molecule has 0 radical (unpaired) electrons. The first-order chi connectivity index (χ1) is 12.9. The molecule has 3 aromatic rings. The predicted octanol–water partition coefficient (Wildman–Crippen LogP) is 4.39. The molecule has 0 unspecified atom stereocenters. The number of nitrogens with one attached hydrogen (secondary N) is 2. The second kappa shape index (κ2) is 7.79. The number of hydrogen-bond acceptors (Lipinski definition) is 6. The third kappa shape index (κ3) is 4.28. The molecule has 3 rings (SSSR count). The Bertz CT molecular complexity index is 984. The van der Waals surface area contributed by atoms with Gasteiger partial charge in [-0.3, -0.25) is 9.62 Å². The van der Waals surface area contributed by atoms with E-state index in [2.05, 4.69) is 71.3 Å². The van der Waals surface area contributed by atoms with Gasteiger partial charge in [0.05, 0.1) is 6.20 Å². The Morgan fingerprint density at radius 1 is 1.11 bits per heavy atom. The van der Waals surface area contributed by atoms with Gasteiger partial charge in [-0.15, -0.1) is 0 Å². The number of carbonyl (C=O) groups excluding carboxylic acids is 1. The number of amides is 2. The molecule has 27 heavy (non-hydrogen) atoms. The molecule has 2 amide bonds. The number of aryl methyl sites for hydroxylation is 3. The minimum absolute atomic E-state index is 0.346. The summed E-state index contributed by atoms with van der Waals surface area (Å²) in [5.41, 5.74) is 5.59. The van der Waals surface area contributed by atoms with Crippen molar-refractivity contribution in [3.8, 4) is 0 Å². The quantitative estimate of drug-likeness (QED) is 0.583. The van der Waals surface area contributed by atoms with Crippen LogP contribution in [0.4, 0.5) is 22.1 Å². The number of anilines is 3.